The predicted octanol–water partition coefficient (Wildman–Crippen LogP) is 0.353. The second kappa shape index (κ2) is 6.13. The van der Waals surface area contributed by atoms with Crippen LogP contribution < -0.4 is 5.32 Å². The third-order valence-corrected chi connectivity index (χ3v) is 5.33. The minimum absolute atomic E-state index is 0.0296. The smallest absolute Gasteiger partial charge is 0.253 e. The molecule has 0 aromatic heterocycles. The van der Waals surface area contributed by atoms with Crippen LogP contribution in [-0.4, -0.2) is 51.0 Å². The Morgan fingerprint density at radius 1 is 1.38 bits per heavy atom. The van der Waals surface area contributed by atoms with Crippen LogP contribution in [0.4, 0.5) is 0 Å². The summed E-state index contributed by atoms with van der Waals surface area (Å²) in [7, 11) is -1.97. The molecule has 1 aromatic carbocycles. The van der Waals surface area contributed by atoms with E-state index in [-0.39, 0.29) is 31.4 Å². The largest absolute Gasteiger partial charge is 0.363 e. The van der Waals surface area contributed by atoms with Crippen LogP contribution in [-0.2, 0) is 25.3 Å². The van der Waals surface area contributed by atoms with E-state index in [1.54, 1.807) is 31.2 Å². The average molecular weight is 312 g/mol. The third-order valence-electron chi connectivity index (χ3n) is 3.53. The molecule has 2 rings (SSSR count). The van der Waals surface area contributed by atoms with Gasteiger partial charge in [0.15, 0.2) is 5.60 Å². The molecule has 1 atom stereocenters. The number of hydrogen-bond donors (Lipinski definition) is 1. The molecule has 1 fully saturated rings. The molecule has 0 spiro atoms. The molecule has 1 amide bonds. The van der Waals surface area contributed by atoms with E-state index in [9.17, 15) is 13.2 Å². The molecule has 1 heterocycles. The first-order valence-electron chi connectivity index (χ1n) is 6.75. The number of nitrogens with zero attached hydrogens (tertiary/aromatic N) is 1. The molecule has 1 aromatic rings. The molecule has 0 aliphatic carbocycles. The lowest BCUT2D eigenvalue weighted by Crippen LogP contribution is -2.58. The number of ether oxygens (including phenoxy) is 1. The molecule has 21 heavy (non-hydrogen) atoms. The monoisotopic (exact) mass is 312 g/mol. The molecule has 1 aliphatic heterocycles. The lowest BCUT2D eigenvalue weighted by Gasteiger charge is -2.38. The fourth-order valence-corrected chi connectivity index (χ4v) is 3.94. The molecule has 1 N–H and O–H groups in total. The second-order valence-electron chi connectivity index (χ2n) is 5.23. The van der Waals surface area contributed by atoms with Gasteiger partial charge in [0.1, 0.15) is 0 Å². The number of morpholine rings is 1. The summed E-state index contributed by atoms with van der Waals surface area (Å²) in [5.41, 5.74) is -0.415. The maximum absolute atomic E-state index is 12.5. The number of sulfonamides is 1. The number of likely N-dealkylation sites (N-methyl/N-ethyl adjacent to an activating group) is 1. The molecule has 7 heteroatoms. The highest BCUT2D eigenvalue weighted by molar-refractivity contribution is 7.88. The molecule has 1 aliphatic rings. The third kappa shape index (κ3) is 3.61. The zero-order chi connectivity index (χ0) is 15.5. The summed E-state index contributed by atoms with van der Waals surface area (Å²) in [6.07, 6.45) is 0. The Morgan fingerprint density at radius 2 is 2.05 bits per heavy atom. The molecule has 1 saturated heterocycles. The Bertz CT molecular complexity index is 603. The van der Waals surface area contributed by atoms with E-state index in [2.05, 4.69) is 5.32 Å². The van der Waals surface area contributed by atoms with E-state index in [4.69, 9.17) is 4.74 Å². The summed E-state index contributed by atoms with van der Waals surface area (Å²) in [5, 5.41) is 2.51. The van der Waals surface area contributed by atoms with Crippen LogP contribution >= 0.6 is 0 Å². The van der Waals surface area contributed by atoms with Crippen LogP contribution in [0.5, 0.6) is 0 Å². The summed E-state index contributed by atoms with van der Waals surface area (Å²) in [6, 6.07) is 9.00. The quantitative estimate of drug-likeness (QED) is 0.870. The molecule has 6 nitrogen and oxygen atoms in total. The molecule has 1 unspecified atom stereocenters. The van der Waals surface area contributed by atoms with Crippen LogP contribution in [0.1, 0.15) is 12.5 Å². The second-order valence-corrected chi connectivity index (χ2v) is 7.20. The molecule has 0 bridgehead atoms. The lowest BCUT2D eigenvalue weighted by atomic mass is 10.0. The van der Waals surface area contributed by atoms with Gasteiger partial charge in [-0.2, -0.15) is 4.31 Å². The van der Waals surface area contributed by atoms with Gasteiger partial charge in [-0.3, -0.25) is 4.79 Å². The van der Waals surface area contributed by atoms with E-state index >= 15 is 0 Å². The van der Waals surface area contributed by atoms with E-state index in [1.807, 2.05) is 6.07 Å². The van der Waals surface area contributed by atoms with Crippen molar-refractivity contribution in [3.8, 4) is 0 Å². The van der Waals surface area contributed by atoms with Gasteiger partial charge in [0.05, 0.1) is 18.9 Å². The van der Waals surface area contributed by atoms with Crippen molar-refractivity contribution in [2.75, 3.05) is 26.7 Å². The molecule has 116 valence electrons. The maximum Gasteiger partial charge on any atom is 0.253 e. The van der Waals surface area contributed by atoms with Crippen LogP contribution in [0.25, 0.3) is 0 Å². The minimum Gasteiger partial charge on any atom is -0.363 e. The van der Waals surface area contributed by atoms with E-state index in [1.165, 1.54) is 11.4 Å². The Hall–Kier alpha value is -1.44. The van der Waals surface area contributed by atoms with E-state index in [0.29, 0.717) is 0 Å². The van der Waals surface area contributed by atoms with Crippen molar-refractivity contribution >= 4 is 15.9 Å². The highest BCUT2D eigenvalue weighted by atomic mass is 32.2. The Labute approximate surface area is 125 Å². The zero-order valence-corrected chi connectivity index (χ0v) is 13.0. The fraction of sp³-hybridized carbons (Fsp3) is 0.500. The number of carbonyl (C=O) groups excluding carboxylic acids is 1. The maximum atomic E-state index is 12.5. The fourth-order valence-electron chi connectivity index (χ4n) is 2.35. The number of amides is 1. The van der Waals surface area contributed by atoms with Crippen LogP contribution in [0, 0.1) is 0 Å². The van der Waals surface area contributed by atoms with E-state index in [0.717, 1.165) is 5.56 Å². The summed E-state index contributed by atoms with van der Waals surface area (Å²) < 4.78 is 31.8. The summed E-state index contributed by atoms with van der Waals surface area (Å²) in [4.78, 5) is 11.9. The minimum atomic E-state index is -3.48. The zero-order valence-electron chi connectivity index (χ0n) is 12.2. The van der Waals surface area contributed by atoms with Crippen LogP contribution in [0.15, 0.2) is 30.3 Å². The van der Waals surface area contributed by atoms with Crippen molar-refractivity contribution in [3.63, 3.8) is 0 Å². The predicted molar refractivity (Wildman–Crippen MR) is 79.1 cm³/mol. The van der Waals surface area contributed by atoms with Crippen molar-refractivity contribution in [2.45, 2.75) is 18.3 Å². The van der Waals surface area contributed by atoms with Gasteiger partial charge in [-0.25, -0.2) is 8.42 Å². The Morgan fingerprint density at radius 3 is 2.67 bits per heavy atom. The van der Waals surface area contributed by atoms with Crippen molar-refractivity contribution in [1.29, 1.82) is 0 Å². The first-order chi connectivity index (χ1) is 9.87. The summed E-state index contributed by atoms with van der Waals surface area (Å²) in [5.74, 6) is -0.389. The average Bonchev–Trinajstić information content (AvgIpc) is 2.47. The summed E-state index contributed by atoms with van der Waals surface area (Å²) >= 11 is 0. The van der Waals surface area contributed by atoms with Crippen LogP contribution in [0.2, 0.25) is 0 Å². The molecule has 0 radical (unpaired) electrons. The van der Waals surface area contributed by atoms with Gasteiger partial charge in [0, 0.05) is 13.6 Å². The number of hydrogen-bond acceptors (Lipinski definition) is 4. The number of nitrogens with one attached hydrogen (secondary N) is 1. The highest BCUT2D eigenvalue weighted by Crippen LogP contribution is 2.22. The SMILES string of the molecule is CNC(=O)C1(C)CN(S(=O)(=O)Cc2ccccc2)CCO1. The van der Waals surface area contributed by atoms with Gasteiger partial charge >= 0.3 is 0 Å². The molecular formula is C14H20N2O4S. The van der Waals surface area contributed by atoms with Gasteiger partial charge in [0.2, 0.25) is 10.0 Å². The standard InChI is InChI=1S/C14H20N2O4S/c1-14(13(17)15-2)11-16(8-9-20-14)21(18,19)10-12-6-4-3-5-7-12/h3-7H,8-11H2,1-2H3,(H,15,17). The summed E-state index contributed by atoms with van der Waals surface area (Å²) in [6.45, 7) is 2.11. The Balaban J connectivity index is 2.15. The molecular weight excluding hydrogens is 292 g/mol. The lowest BCUT2D eigenvalue weighted by molar-refractivity contribution is -0.151. The van der Waals surface area contributed by atoms with Crippen LogP contribution in [0.3, 0.4) is 0 Å². The van der Waals surface area contributed by atoms with Gasteiger partial charge in [-0.1, -0.05) is 30.3 Å². The Kier molecular flexibility index (Phi) is 4.65. The van der Waals surface area contributed by atoms with Gasteiger partial charge in [-0.05, 0) is 12.5 Å². The van der Waals surface area contributed by atoms with E-state index < -0.39 is 15.6 Å². The molecule has 0 saturated carbocycles. The van der Waals surface area contributed by atoms with Crippen molar-refractivity contribution in [3.05, 3.63) is 35.9 Å². The highest BCUT2D eigenvalue weighted by Gasteiger charge is 2.42. The van der Waals surface area contributed by atoms with Crippen molar-refractivity contribution in [1.82, 2.24) is 9.62 Å². The number of rotatable bonds is 4. The topological polar surface area (TPSA) is 75.7 Å². The number of benzene rings is 1. The first-order valence-corrected chi connectivity index (χ1v) is 8.36. The first kappa shape index (κ1) is 15.9. The van der Waals surface area contributed by atoms with Gasteiger partial charge in [0.25, 0.3) is 5.91 Å². The van der Waals surface area contributed by atoms with Gasteiger partial charge in [-0.15, -0.1) is 0 Å². The van der Waals surface area contributed by atoms with Crippen molar-refractivity contribution < 1.29 is 17.9 Å². The normalized spacial score (nSPS) is 23.7. The van der Waals surface area contributed by atoms with Gasteiger partial charge < -0.3 is 10.1 Å². The number of carbonyl (C=O) groups is 1. The van der Waals surface area contributed by atoms with Crippen molar-refractivity contribution in [2.24, 2.45) is 0 Å².